The van der Waals surface area contributed by atoms with E-state index < -0.39 is 0 Å². The van der Waals surface area contributed by atoms with Crippen LogP contribution in [0.4, 0.5) is 0 Å². The van der Waals surface area contributed by atoms with Gasteiger partial charge in [-0.05, 0) is 69.8 Å². The molecule has 194 valence electrons. The number of fused-ring (bicyclic) bond motifs is 5. The lowest BCUT2D eigenvalue weighted by molar-refractivity contribution is 0.670. The van der Waals surface area contributed by atoms with Crippen LogP contribution in [0.5, 0.6) is 0 Å². The van der Waals surface area contributed by atoms with Crippen LogP contribution in [-0.4, -0.2) is 0 Å². The van der Waals surface area contributed by atoms with Gasteiger partial charge in [0.2, 0.25) is 0 Å². The van der Waals surface area contributed by atoms with Gasteiger partial charge in [0.05, 0.1) is 0 Å². The quantitative estimate of drug-likeness (QED) is 0.210. The number of furan rings is 1. The van der Waals surface area contributed by atoms with Crippen molar-refractivity contribution in [3.05, 3.63) is 145 Å². The molecular weight excluding hydrogens is 496 g/mol. The fourth-order valence-electron chi connectivity index (χ4n) is 6.49. The molecule has 0 aliphatic carbocycles. The van der Waals surface area contributed by atoms with Gasteiger partial charge < -0.3 is 4.42 Å². The zero-order valence-corrected chi connectivity index (χ0v) is 23.1. The number of rotatable bonds is 3. The van der Waals surface area contributed by atoms with Gasteiger partial charge in [0.25, 0.3) is 0 Å². The van der Waals surface area contributed by atoms with E-state index in [4.69, 9.17) is 4.42 Å². The van der Waals surface area contributed by atoms with Gasteiger partial charge in [0, 0.05) is 21.9 Å². The van der Waals surface area contributed by atoms with Crippen LogP contribution < -0.4 is 0 Å². The molecule has 8 rings (SSSR count). The minimum absolute atomic E-state index is 0.921. The first-order valence-corrected chi connectivity index (χ1v) is 14.2. The van der Waals surface area contributed by atoms with E-state index in [0.717, 1.165) is 27.5 Å². The standard InChI is InChI=1S/C40H28O/c1-25-19-21-32-35(22-25)38(29-13-8-12-28(24-29)27-10-4-3-5-11-27)31-20-18-26(2)23-36(31)39(32)34-16-9-15-33-30-14-6-7-17-37(30)41-40(33)34/h3-24H,1-2H3. The molecule has 0 bridgehead atoms. The molecule has 0 aliphatic heterocycles. The van der Waals surface area contributed by atoms with Crippen molar-refractivity contribution in [2.75, 3.05) is 0 Å². The highest BCUT2D eigenvalue weighted by Gasteiger charge is 2.20. The van der Waals surface area contributed by atoms with Crippen LogP contribution in [0.1, 0.15) is 11.1 Å². The van der Waals surface area contributed by atoms with E-state index in [0.29, 0.717) is 0 Å². The molecule has 7 aromatic carbocycles. The molecular formula is C40H28O. The van der Waals surface area contributed by atoms with Crippen LogP contribution in [0, 0.1) is 13.8 Å². The van der Waals surface area contributed by atoms with Crippen LogP contribution in [0.2, 0.25) is 0 Å². The molecule has 0 spiro atoms. The van der Waals surface area contributed by atoms with E-state index in [9.17, 15) is 0 Å². The molecule has 0 saturated carbocycles. The molecule has 41 heavy (non-hydrogen) atoms. The Morgan fingerprint density at radius 1 is 0.390 bits per heavy atom. The lowest BCUT2D eigenvalue weighted by atomic mass is 9.84. The van der Waals surface area contributed by atoms with Crippen LogP contribution >= 0.6 is 0 Å². The van der Waals surface area contributed by atoms with Crippen LogP contribution in [0.3, 0.4) is 0 Å². The average molecular weight is 525 g/mol. The van der Waals surface area contributed by atoms with Gasteiger partial charge in [-0.25, -0.2) is 0 Å². The molecule has 0 aliphatic rings. The third-order valence-corrected chi connectivity index (χ3v) is 8.36. The van der Waals surface area contributed by atoms with Crippen LogP contribution in [0.25, 0.3) is 76.9 Å². The number of hydrogen-bond acceptors (Lipinski definition) is 1. The summed E-state index contributed by atoms with van der Waals surface area (Å²) < 4.78 is 6.57. The van der Waals surface area contributed by atoms with Crippen molar-refractivity contribution in [1.29, 1.82) is 0 Å². The minimum atomic E-state index is 0.921. The van der Waals surface area contributed by atoms with Crippen LogP contribution in [0.15, 0.2) is 138 Å². The molecule has 0 unspecified atom stereocenters. The fraction of sp³-hybridized carbons (Fsp3) is 0.0500. The Kier molecular flexibility index (Phi) is 5.33. The second-order valence-corrected chi connectivity index (χ2v) is 11.1. The zero-order chi connectivity index (χ0) is 27.5. The first-order chi connectivity index (χ1) is 20.2. The van der Waals surface area contributed by atoms with E-state index in [1.165, 1.54) is 60.5 Å². The second kappa shape index (κ2) is 9.21. The van der Waals surface area contributed by atoms with Crippen molar-refractivity contribution in [2.24, 2.45) is 0 Å². The van der Waals surface area contributed by atoms with Gasteiger partial charge in [-0.3, -0.25) is 0 Å². The third kappa shape index (κ3) is 3.77. The summed E-state index contributed by atoms with van der Waals surface area (Å²) in [5, 5.41) is 7.30. The molecule has 0 saturated heterocycles. The summed E-state index contributed by atoms with van der Waals surface area (Å²) in [5.74, 6) is 0. The van der Waals surface area contributed by atoms with E-state index in [1.54, 1.807) is 0 Å². The van der Waals surface area contributed by atoms with Crippen molar-refractivity contribution in [3.8, 4) is 33.4 Å². The van der Waals surface area contributed by atoms with Crippen molar-refractivity contribution < 1.29 is 4.42 Å². The van der Waals surface area contributed by atoms with Gasteiger partial charge in [-0.15, -0.1) is 0 Å². The van der Waals surface area contributed by atoms with Crippen molar-refractivity contribution >= 4 is 43.5 Å². The Balaban J connectivity index is 1.51. The van der Waals surface area contributed by atoms with E-state index in [1.807, 2.05) is 6.07 Å². The predicted molar refractivity (Wildman–Crippen MR) is 175 cm³/mol. The maximum Gasteiger partial charge on any atom is 0.143 e. The molecule has 1 heteroatoms. The largest absolute Gasteiger partial charge is 0.455 e. The third-order valence-electron chi connectivity index (χ3n) is 8.36. The molecule has 1 aromatic heterocycles. The number of aryl methyl sites for hydroxylation is 2. The summed E-state index contributed by atoms with van der Waals surface area (Å²) in [6.45, 7) is 4.36. The lowest BCUT2D eigenvalue weighted by Gasteiger charge is -2.19. The molecule has 0 N–H and O–H groups in total. The Labute approximate surface area is 239 Å². The molecule has 0 amide bonds. The topological polar surface area (TPSA) is 13.1 Å². The second-order valence-electron chi connectivity index (χ2n) is 11.1. The number of benzene rings is 7. The van der Waals surface area contributed by atoms with Crippen LogP contribution in [-0.2, 0) is 0 Å². The highest BCUT2D eigenvalue weighted by molar-refractivity contribution is 6.24. The molecule has 1 nitrogen and oxygen atoms in total. The Morgan fingerprint density at radius 2 is 1.00 bits per heavy atom. The highest BCUT2D eigenvalue weighted by atomic mass is 16.3. The monoisotopic (exact) mass is 524 g/mol. The molecule has 8 aromatic rings. The van der Waals surface area contributed by atoms with Gasteiger partial charge in [0.1, 0.15) is 11.2 Å². The smallest absolute Gasteiger partial charge is 0.143 e. The normalized spacial score (nSPS) is 11.7. The summed E-state index contributed by atoms with van der Waals surface area (Å²) in [5.41, 5.74) is 11.7. The molecule has 0 fully saturated rings. The summed E-state index contributed by atoms with van der Waals surface area (Å²) >= 11 is 0. The van der Waals surface area contributed by atoms with E-state index in [2.05, 4.69) is 141 Å². The van der Waals surface area contributed by atoms with Gasteiger partial charge >= 0.3 is 0 Å². The zero-order valence-electron chi connectivity index (χ0n) is 23.1. The maximum absolute atomic E-state index is 6.57. The highest BCUT2D eigenvalue weighted by Crippen LogP contribution is 2.47. The lowest BCUT2D eigenvalue weighted by Crippen LogP contribution is -1.93. The fourth-order valence-corrected chi connectivity index (χ4v) is 6.49. The minimum Gasteiger partial charge on any atom is -0.455 e. The Morgan fingerprint density at radius 3 is 1.80 bits per heavy atom. The van der Waals surface area contributed by atoms with Crippen molar-refractivity contribution in [1.82, 2.24) is 0 Å². The SMILES string of the molecule is Cc1ccc2c(-c3cccc4c3oc3ccccc34)c3cc(C)ccc3c(-c3cccc(-c4ccccc4)c3)c2c1. The van der Waals surface area contributed by atoms with Crippen molar-refractivity contribution in [3.63, 3.8) is 0 Å². The molecule has 1 heterocycles. The van der Waals surface area contributed by atoms with Gasteiger partial charge in [-0.1, -0.05) is 132 Å². The van der Waals surface area contributed by atoms with E-state index in [-0.39, 0.29) is 0 Å². The summed E-state index contributed by atoms with van der Waals surface area (Å²) in [4.78, 5) is 0. The van der Waals surface area contributed by atoms with Crippen molar-refractivity contribution in [2.45, 2.75) is 13.8 Å². The summed E-state index contributed by atoms with van der Waals surface area (Å²) in [7, 11) is 0. The number of hydrogen-bond donors (Lipinski definition) is 0. The molecule has 0 atom stereocenters. The predicted octanol–water partition coefficient (Wildman–Crippen LogP) is 11.5. The van der Waals surface area contributed by atoms with Gasteiger partial charge in [0.15, 0.2) is 0 Å². The van der Waals surface area contributed by atoms with Gasteiger partial charge in [-0.2, -0.15) is 0 Å². The average Bonchev–Trinajstić information content (AvgIpc) is 3.40. The maximum atomic E-state index is 6.57. The first kappa shape index (κ1) is 23.7. The molecule has 0 radical (unpaired) electrons. The number of para-hydroxylation sites is 2. The Bertz CT molecular complexity index is 2270. The Hall–Kier alpha value is -5.14. The first-order valence-electron chi connectivity index (χ1n) is 14.2. The van der Waals surface area contributed by atoms with E-state index >= 15 is 0 Å². The summed E-state index contributed by atoms with van der Waals surface area (Å²) in [6.07, 6.45) is 0. The summed E-state index contributed by atoms with van der Waals surface area (Å²) in [6, 6.07) is 48.3.